The van der Waals surface area contributed by atoms with Crippen molar-refractivity contribution < 1.29 is 36.4 Å². The number of amides is 1. The van der Waals surface area contributed by atoms with Gasteiger partial charge in [0.2, 0.25) is 17.6 Å². The highest BCUT2D eigenvalue weighted by Crippen LogP contribution is 2.51. The minimum atomic E-state index is -4.56. The SMILES string of the molecule is CO[C@H]1C[C@H](c2nc(-c3sc4c(N[C@@H]5C[C@H]6CC[C@H](O6)[C@@H]5F)cccc4c3SC(F)(F)F)no2)NC1=O. The van der Waals surface area contributed by atoms with Crippen LogP contribution in [-0.2, 0) is 14.3 Å². The van der Waals surface area contributed by atoms with Crippen molar-refractivity contribution in [3.8, 4) is 10.7 Å². The van der Waals surface area contributed by atoms with Crippen LogP contribution in [0.15, 0.2) is 27.6 Å². The van der Waals surface area contributed by atoms with Gasteiger partial charge in [-0.25, -0.2) is 4.39 Å². The van der Waals surface area contributed by atoms with Crippen LogP contribution >= 0.6 is 23.1 Å². The normalized spacial score (nSPS) is 29.7. The molecule has 2 bridgehead atoms. The quantitative estimate of drug-likeness (QED) is 0.314. The second-order valence-corrected chi connectivity index (χ2v) is 11.4. The van der Waals surface area contributed by atoms with Gasteiger partial charge >= 0.3 is 5.51 Å². The van der Waals surface area contributed by atoms with Crippen molar-refractivity contribution in [2.75, 3.05) is 12.4 Å². The van der Waals surface area contributed by atoms with Crippen molar-refractivity contribution in [3.05, 3.63) is 24.1 Å². The van der Waals surface area contributed by atoms with Gasteiger partial charge in [0.1, 0.15) is 18.3 Å². The Hall–Kier alpha value is -2.42. The van der Waals surface area contributed by atoms with E-state index in [1.54, 1.807) is 18.2 Å². The molecule has 37 heavy (non-hydrogen) atoms. The average molecular weight is 559 g/mol. The molecule has 3 fully saturated rings. The number of benzene rings is 1. The number of carbonyl (C=O) groups is 1. The van der Waals surface area contributed by atoms with Crippen LogP contribution in [0.5, 0.6) is 0 Å². The summed E-state index contributed by atoms with van der Waals surface area (Å²) in [7, 11) is 1.41. The molecule has 6 atom stereocenters. The van der Waals surface area contributed by atoms with Gasteiger partial charge in [-0.05, 0) is 37.1 Å². The minimum absolute atomic E-state index is 0.0171. The molecule has 1 aromatic carbocycles. The molecule has 8 nitrogen and oxygen atoms in total. The molecule has 3 aromatic rings. The van der Waals surface area contributed by atoms with E-state index in [4.69, 9.17) is 14.0 Å². The number of ether oxygens (including phenoxy) is 2. The molecule has 3 aliphatic heterocycles. The Labute approximate surface area is 216 Å². The van der Waals surface area contributed by atoms with Crippen LogP contribution < -0.4 is 10.6 Å². The number of rotatable bonds is 6. The van der Waals surface area contributed by atoms with Gasteiger partial charge in [0.05, 0.1) is 33.5 Å². The fourth-order valence-electron chi connectivity index (χ4n) is 5.21. The molecule has 1 amide bonds. The Morgan fingerprint density at radius 3 is 2.86 bits per heavy atom. The van der Waals surface area contributed by atoms with Gasteiger partial charge in [-0.3, -0.25) is 4.79 Å². The van der Waals surface area contributed by atoms with E-state index >= 15 is 4.39 Å². The van der Waals surface area contributed by atoms with Gasteiger partial charge in [-0.15, -0.1) is 11.3 Å². The molecule has 0 spiro atoms. The topological polar surface area (TPSA) is 98.5 Å². The van der Waals surface area contributed by atoms with Gasteiger partial charge in [0.25, 0.3) is 0 Å². The smallest absolute Gasteiger partial charge is 0.378 e. The van der Waals surface area contributed by atoms with Crippen molar-refractivity contribution in [2.24, 2.45) is 0 Å². The van der Waals surface area contributed by atoms with Crippen LogP contribution in [0, 0.1) is 0 Å². The van der Waals surface area contributed by atoms with Crippen LogP contribution in [0.3, 0.4) is 0 Å². The molecule has 0 aliphatic carbocycles. The molecule has 2 aromatic heterocycles. The van der Waals surface area contributed by atoms with Gasteiger partial charge in [-0.2, -0.15) is 18.2 Å². The largest absolute Gasteiger partial charge is 0.446 e. The third kappa shape index (κ3) is 4.68. The predicted molar refractivity (Wildman–Crippen MR) is 128 cm³/mol. The van der Waals surface area contributed by atoms with Crippen LogP contribution in [-0.4, -0.2) is 59.2 Å². The Balaban J connectivity index is 1.36. The monoisotopic (exact) mass is 558 g/mol. The molecule has 198 valence electrons. The minimum Gasteiger partial charge on any atom is -0.378 e. The van der Waals surface area contributed by atoms with Crippen molar-refractivity contribution in [1.29, 1.82) is 0 Å². The van der Waals surface area contributed by atoms with Crippen molar-refractivity contribution in [2.45, 2.75) is 72.7 Å². The summed E-state index contributed by atoms with van der Waals surface area (Å²) in [5, 5.41) is 10.2. The number of fused-ring (bicyclic) bond motifs is 3. The van der Waals surface area contributed by atoms with E-state index < -0.39 is 36.0 Å². The maximum atomic E-state index is 15.0. The fourth-order valence-corrected chi connectivity index (χ4v) is 7.31. The van der Waals surface area contributed by atoms with Gasteiger partial charge in [0, 0.05) is 23.8 Å². The molecule has 6 rings (SSSR count). The highest BCUT2D eigenvalue weighted by Gasteiger charge is 2.44. The van der Waals surface area contributed by atoms with Crippen LogP contribution in [0.4, 0.5) is 23.2 Å². The fraction of sp³-hybridized carbons (Fsp3) is 0.522. The maximum Gasteiger partial charge on any atom is 0.446 e. The molecule has 0 unspecified atom stereocenters. The highest BCUT2D eigenvalue weighted by atomic mass is 32.2. The molecule has 0 radical (unpaired) electrons. The first-order valence-corrected chi connectivity index (χ1v) is 13.4. The Morgan fingerprint density at radius 2 is 2.11 bits per heavy atom. The molecule has 0 saturated carbocycles. The third-order valence-electron chi connectivity index (χ3n) is 6.91. The van der Waals surface area contributed by atoms with Crippen molar-refractivity contribution in [3.63, 3.8) is 0 Å². The number of nitrogens with one attached hydrogen (secondary N) is 2. The zero-order valence-electron chi connectivity index (χ0n) is 19.4. The summed E-state index contributed by atoms with van der Waals surface area (Å²) < 4.78 is 72.5. The van der Waals surface area contributed by atoms with Gasteiger partial charge < -0.3 is 24.6 Å². The van der Waals surface area contributed by atoms with E-state index in [0.29, 0.717) is 28.6 Å². The second kappa shape index (κ2) is 9.40. The number of nitrogens with zero attached hydrogens (tertiary/aromatic N) is 2. The lowest BCUT2D eigenvalue weighted by molar-refractivity contribution is -0.127. The number of thiophene rings is 1. The highest BCUT2D eigenvalue weighted by molar-refractivity contribution is 8.00. The van der Waals surface area contributed by atoms with E-state index in [2.05, 4.69) is 20.8 Å². The molecule has 2 N–H and O–H groups in total. The first-order chi connectivity index (χ1) is 17.7. The number of alkyl halides is 4. The molecule has 3 saturated heterocycles. The first kappa shape index (κ1) is 24.9. The van der Waals surface area contributed by atoms with E-state index in [-0.39, 0.29) is 51.7 Å². The van der Waals surface area contributed by atoms with Crippen LogP contribution in [0.2, 0.25) is 0 Å². The molecular formula is C23H22F4N4O4S2. The summed E-state index contributed by atoms with van der Waals surface area (Å²) in [6.45, 7) is 0. The number of thioether (sulfide) groups is 1. The van der Waals surface area contributed by atoms with E-state index in [1.807, 2.05) is 0 Å². The number of hydrogen-bond donors (Lipinski definition) is 2. The lowest BCUT2D eigenvalue weighted by Crippen LogP contribution is -2.44. The number of halogens is 4. The lowest BCUT2D eigenvalue weighted by atomic mass is 10.0. The number of anilines is 1. The van der Waals surface area contributed by atoms with Crippen molar-refractivity contribution in [1.82, 2.24) is 15.5 Å². The predicted octanol–water partition coefficient (Wildman–Crippen LogP) is 5.21. The van der Waals surface area contributed by atoms with Crippen molar-refractivity contribution >= 4 is 44.8 Å². The van der Waals surface area contributed by atoms with E-state index in [0.717, 1.165) is 17.8 Å². The summed E-state index contributed by atoms with van der Waals surface area (Å²) in [5.41, 5.74) is -4.02. The lowest BCUT2D eigenvalue weighted by Gasteiger charge is -2.33. The summed E-state index contributed by atoms with van der Waals surface area (Å²) in [6, 6.07) is 3.86. The standard InChI is InChI=1S/C23H22F4N4O4S2/c1-33-15-8-13(29-21(15)32)22-30-20(31-35-22)19-18(37-23(25,26)27)10-3-2-4-11(17(10)36-19)28-12-7-9-5-6-14(34-9)16(12)24/h2-4,9,12-16,28H,5-8H2,1H3,(H,29,32)/t9-,12-,13-,14+,15+,16-/m1/s1. The van der Waals surface area contributed by atoms with E-state index in [1.165, 1.54) is 7.11 Å². The Bertz CT molecular complexity index is 1330. The summed E-state index contributed by atoms with van der Waals surface area (Å²) in [6.07, 6.45) is -0.150. The van der Waals surface area contributed by atoms with Gasteiger partial charge in [0.15, 0.2) is 0 Å². The summed E-state index contributed by atoms with van der Waals surface area (Å²) >= 11 is 0.826. The average Bonchev–Trinajstić information content (AvgIpc) is 3.62. The molecule has 3 aliphatic rings. The molecule has 5 heterocycles. The summed E-state index contributed by atoms with van der Waals surface area (Å²) in [5.74, 6) is -0.262. The maximum absolute atomic E-state index is 15.0. The van der Waals surface area contributed by atoms with Crippen LogP contribution in [0.25, 0.3) is 20.8 Å². The first-order valence-electron chi connectivity index (χ1n) is 11.7. The number of carbonyl (C=O) groups excluding carboxylic acids is 1. The second-order valence-electron chi connectivity index (χ2n) is 9.27. The number of hydrogen-bond acceptors (Lipinski definition) is 9. The Kier molecular flexibility index (Phi) is 6.32. The Morgan fingerprint density at radius 1 is 1.27 bits per heavy atom. The molecular weight excluding hydrogens is 536 g/mol. The van der Waals surface area contributed by atoms with E-state index in [9.17, 15) is 18.0 Å². The number of aromatic nitrogens is 2. The summed E-state index contributed by atoms with van der Waals surface area (Å²) in [4.78, 5) is 16.4. The van der Waals surface area contributed by atoms with Gasteiger partial charge in [-0.1, -0.05) is 17.3 Å². The molecule has 14 heteroatoms. The third-order valence-corrected chi connectivity index (χ3v) is 9.14. The van der Waals surface area contributed by atoms with Crippen LogP contribution in [0.1, 0.15) is 37.6 Å². The number of methoxy groups -OCH3 is 1. The zero-order valence-corrected chi connectivity index (χ0v) is 21.0. The zero-order chi connectivity index (χ0) is 25.9.